The number of fused-ring (bicyclic) bond motifs is 1. The van der Waals surface area contributed by atoms with Gasteiger partial charge in [0, 0.05) is 0 Å². The first kappa shape index (κ1) is 14.0. The number of benzene rings is 1. The van der Waals surface area contributed by atoms with Crippen molar-refractivity contribution in [1.29, 1.82) is 0 Å². The van der Waals surface area contributed by atoms with Crippen LogP contribution in [0.4, 0.5) is 0 Å². The van der Waals surface area contributed by atoms with Crippen molar-refractivity contribution in [3.05, 3.63) is 29.3 Å². The largest absolute Gasteiger partial charge is 0.479 e. The first-order valence-corrected chi connectivity index (χ1v) is 6.28. The number of aliphatic carboxylic acids is 1. The van der Waals surface area contributed by atoms with Crippen LogP contribution in [0.15, 0.2) is 18.2 Å². The van der Waals surface area contributed by atoms with E-state index in [0.29, 0.717) is 6.42 Å². The van der Waals surface area contributed by atoms with Gasteiger partial charge in [0.15, 0.2) is 6.10 Å². The number of nitrogens with one attached hydrogen (secondary N) is 1. The topological polar surface area (TPSA) is 92.7 Å². The molecule has 1 heterocycles. The van der Waals surface area contributed by atoms with Gasteiger partial charge in [-0.3, -0.25) is 14.9 Å². The summed E-state index contributed by atoms with van der Waals surface area (Å²) in [7, 11) is 0. The molecule has 0 fully saturated rings. The normalized spacial score (nSPS) is 14.9. The van der Waals surface area contributed by atoms with E-state index in [2.05, 4.69) is 5.32 Å². The molecule has 0 radical (unpaired) electrons. The highest BCUT2D eigenvalue weighted by Gasteiger charge is 2.32. The summed E-state index contributed by atoms with van der Waals surface area (Å²) < 4.78 is 5.44. The summed E-state index contributed by atoms with van der Waals surface area (Å²) in [5, 5.41) is 11.3. The number of imide groups is 1. The number of rotatable bonds is 5. The standard InChI is InChI=1S/C14H15NO5/c1-7(2)6-10(14(18)19)20-9-5-3-4-8-11(9)13(17)15-12(8)16/h3-5,7,10H,6H2,1-2H3,(H,18,19)(H,15,16,17). The summed E-state index contributed by atoms with van der Waals surface area (Å²) in [6.07, 6.45) is -0.737. The van der Waals surface area contributed by atoms with Gasteiger partial charge >= 0.3 is 5.97 Å². The monoisotopic (exact) mass is 277 g/mol. The Morgan fingerprint density at radius 3 is 2.60 bits per heavy atom. The van der Waals surface area contributed by atoms with Gasteiger partial charge in [-0.1, -0.05) is 19.9 Å². The van der Waals surface area contributed by atoms with Gasteiger partial charge < -0.3 is 9.84 Å². The third-order valence-electron chi connectivity index (χ3n) is 2.96. The second-order valence-corrected chi connectivity index (χ2v) is 5.04. The summed E-state index contributed by atoms with van der Waals surface area (Å²) in [5.74, 6) is -1.90. The van der Waals surface area contributed by atoms with Gasteiger partial charge in [-0.25, -0.2) is 4.79 Å². The Labute approximate surface area is 115 Å². The maximum absolute atomic E-state index is 11.7. The third kappa shape index (κ3) is 2.64. The predicted octanol–water partition coefficient (Wildman–Crippen LogP) is 1.45. The number of carboxylic acids is 1. The van der Waals surface area contributed by atoms with Crippen molar-refractivity contribution in [3.8, 4) is 5.75 Å². The van der Waals surface area contributed by atoms with Crippen LogP contribution in [0.3, 0.4) is 0 Å². The van der Waals surface area contributed by atoms with Gasteiger partial charge in [-0.2, -0.15) is 0 Å². The van der Waals surface area contributed by atoms with Gasteiger partial charge in [0.2, 0.25) is 0 Å². The van der Waals surface area contributed by atoms with Gasteiger partial charge in [-0.15, -0.1) is 0 Å². The van der Waals surface area contributed by atoms with E-state index in [1.807, 2.05) is 13.8 Å². The number of carbonyl (C=O) groups is 3. The molecule has 6 nitrogen and oxygen atoms in total. The number of hydrogen-bond acceptors (Lipinski definition) is 4. The maximum Gasteiger partial charge on any atom is 0.344 e. The first-order chi connectivity index (χ1) is 9.40. The molecule has 6 heteroatoms. The molecule has 0 bridgehead atoms. The van der Waals surface area contributed by atoms with Gasteiger partial charge in [0.05, 0.1) is 11.1 Å². The Morgan fingerprint density at radius 1 is 1.30 bits per heavy atom. The van der Waals surface area contributed by atoms with Crippen molar-refractivity contribution in [3.63, 3.8) is 0 Å². The third-order valence-corrected chi connectivity index (χ3v) is 2.96. The minimum atomic E-state index is -1.10. The first-order valence-electron chi connectivity index (χ1n) is 6.28. The second kappa shape index (κ2) is 5.32. The fourth-order valence-electron chi connectivity index (χ4n) is 2.07. The number of hydrogen-bond donors (Lipinski definition) is 2. The SMILES string of the molecule is CC(C)CC(Oc1cccc2c1C(=O)NC2=O)C(=O)O. The number of ether oxygens (including phenoxy) is 1. The lowest BCUT2D eigenvalue weighted by molar-refractivity contribution is -0.145. The predicted molar refractivity (Wildman–Crippen MR) is 69.7 cm³/mol. The zero-order valence-electron chi connectivity index (χ0n) is 11.2. The summed E-state index contributed by atoms with van der Waals surface area (Å²) in [5.41, 5.74) is 0.314. The molecule has 1 unspecified atom stereocenters. The van der Waals surface area contributed by atoms with E-state index in [1.165, 1.54) is 12.1 Å². The molecule has 1 aliphatic rings. The molecule has 0 aromatic heterocycles. The van der Waals surface area contributed by atoms with E-state index < -0.39 is 23.9 Å². The molecule has 106 valence electrons. The van der Waals surface area contributed by atoms with Crippen LogP contribution in [0, 0.1) is 5.92 Å². The van der Waals surface area contributed by atoms with Gasteiger partial charge in [0.25, 0.3) is 11.8 Å². The lowest BCUT2D eigenvalue weighted by atomic mass is 10.1. The van der Waals surface area contributed by atoms with Gasteiger partial charge in [-0.05, 0) is 24.5 Å². The molecule has 0 saturated carbocycles. The van der Waals surface area contributed by atoms with Crippen molar-refractivity contribution in [2.75, 3.05) is 0 Å². The molecular weight excluding hydrogens is 262 g/mol. The Bertz CT molecular complexity index is 579. The fraction of sp³-hybridized carbons (Fsp3) is 0.357. The van der Waals surface area contributed by atoms with Crippen LogP contribution in [0.1, 0.15) is 41.0 Å². The van der Waals surface area contributed by atoms with Crippen LogP contribution in [0.2, 0.25) is 0 Å². The van der Waals surface area contributed by atoms with Crippen molar-refractivity contribution >= 4 is 17.8 Å². The zero-order chi connectivity index (χ0) is 14.9. The lowest BCUT2D eigenvalue weighted by Crippen LogP contribution is -2.29. The highest BCUT2D eigenvalue weighted by atomic mass is 16.5. The van der Waals surface area contributed by atoms with Crippen molar-refractivity contribution < 1.29 is 24.2 Å². The van der Waals surface area contributed by atoms with Crippen LogP contribution in [-0.4, -0.2) is 29.0 Å². The van der Waals surface area contributed by atoms with E-state index in [-0.39, 0.29) is 22.8 Å². The van der Waals surface area contributed by atoms with Crippen LogP contribution in [0.25, 0.3) is 0 Å². The van der Waals surface area contributed by atoms with Gasteiger partial charge in [0.1, 0.15) is 5.75 Å². The second-order valence-electron chi connectivity index (χ2n) is 5.04. The highest BCUT2D eigenvalue weighted by Crippen LogP contribution is 2.28. The summed E-state index contributed by atoms with van der Waals surface area (Å²) in [6, 6.07) is 4.55. The summed E-state index contributed by atoms with van der Waals surface area (Å²) in [4.78, 5) is 34.4. The number of carboxylic acid groups (broad SMARTS) is 1. The van der Waals surface area contributed by atoms with Crippen molar-refractivity contribution in [2.24, 2.45) is 5.92 Å². The smallest absolute Gasteiger partial charge is 0.344 e. The van der Waals surface area contributed by atoms with Crippen molar-refractivity contribution in [1.82, 2.24) is 5.32 Å². The molecule has 0 saturated heterocycles. The van der Waals surface area contributed by atoms with E-state index in [1.54, 1.807) is 6.07 Å². The lowest BCUT2D eigenvalue weighted by Gasteiger charge is -2.18. The Kier molecular flexibility index (Phi) is 3.74. The molecule has 2 amide bonds. The summed E-state index contributed by atoms with van der Waals surface area (Å²) in [6.45, 7) is 3.76. The van der Waals surface area contributed by atoms with Crippen LogP contribution in [-0.2, 0) is 4.79 Å². The zero-order valence-corrected chi connectivity index (χ0v) is 11.2. The molecule has 20 heavy (non-hydrogen) atoms. The molecule has 2 rings (SSSR count). The molecule has 2 N–H and O–H groups in total. The Hall–Kier alpha value is -2.37. The minimum absolute atomic E-state index is 0.104. The van der Waals surface area contributed by atoms with Crippen LogP contribution < -0.4 is 10.1 Å². The average Bonchev–Trinajstić information content (AvgIpc) is 2.64. The number of amides is 2. The Morgan fingerprint density at radius 2 is 2.00 bits per heavy atom. The van der Waals surface area contributed by atoms with E-state index in [4.69, 9.17) is 9.84 Å². The molecule has 0 aliphatic carbocycles. The average molecular weight is 277 g/mol. The molecule has 1 atom stereocenters. The molecule has 0 spiro atoms. The minimum Gasteiger partial charge on any atom is -0.479 e. The maximum atomic E-state index is 11.7. The quantitative estimate of drug-likeness (QED) is 0.794. The van der Waals surface area contributed by atoms with E-state index in [9.17, 15) is 14.4 Å². The van der Waals surface area contributed by atoms with Crippen LogP contribution in [0.5, 0.6) is 5.75 Å². The molecular formula is C14H15NO5. The molecule has 1 aliphatic heterocycles. The molecule has 1 aromatic carbocycles. The van der Waals surface area contributed by atoms with Crippen molar-refractivity contribution in [2.45, 2.75) is 26.4 Å². The van der Waals surface area contributed by atoms with E-state index >= 15 is 0 Å². The van der Waals surface area contributed by atoms with E-state index in [0.717, 1.165) is 0 Å². The Balaban J connectivity index is 2.32. The highest BCUT2D eigenvalue weighted by molar-refractivity contribution is 6.22. The van der Waals surface area contributed by atoms with Crippen LogP contribution >= 0.6 is 0 Å². The molecule has 1 aromatic rings. The number of carbonyl (C=O) groups excluding carboxylic acids is 2. The fourth-order valence-corrected chi connectivity index (χ4v) is 2.07. The summed E-state index contributed by atoms with van der Waals surface area (Å²) >= 11 is 0.